The number of hydrogen-bond acceptors (Lipinski definition) is 6. The highest BCUT2D eigenvalue weighted by Gasteiger charge is 2.26. The monoisotopic (exact) mass is 341 g/mol. The van der Waals surface area contributed by atoms with E-state index < -0.39 is 0 Å². The van der Waals surface area contributed by atoms with E-state index in [1.54, 1.807) is 18.5 Å². The molecule has 7 heteroatoms. The van der Waals surface area contributed by atoms with Gasteiger partial charge in [0.1, 0.15) is 6.10 Å². The number of carbonyl (C=O) groups excluding carboxylic acids is 1. The van der Waals surface area contributed by atoms with Gasteiger partial charge in [-0.05, 0) is 36.6 Å². The van der Waals surface area contributed by atoms with Crippen LogP contribution in [-0.2, 0) is 11.2 Å². The Morgan fingerprint density at radius 2 is 2.08 bits per heavy atom. The summed E-state index contributed by atoms with van der Waals surface area (Å²) in [6.45, 7) is 1.54. The number of benzene rings is 1. The van der Waals surface area contributed by atoms with E-state index in [1.165, 1.54) is 0 Å². The summed E-state index contributed by atoms with van der Waals surface area (Å²) in [7, 11) is 0. The summed E-state index contributed by atoms with van der Waals surface area (Å²) in [5.41, 5.74) is 0.920. The molecule has 2 aliphatic rings. The van der Waals surface area contributed by atoms with E-state index in [4.69, 9.17) is 14.2 Å². The molecule has 4 rings (SSSR count). The fourth-order valence-corrected chi connectivity index (χ4v) is 3.09. The summed E-state index contributed by atoms with van der Waals surface area (Å²) >= 11 is 0. The number of hydrogen-bond donors (Lipinski definition) is 0. The molecule has 1 fully saturated rings. The van der Waals surface area contributed by atoms with Crippen LogP contribution in [0.25, 0.3) is 0 Å². The Kier molecular flexibility index (Phi) is 4.37. The number of likely N-dealkylation sites (tertiary alicyclic amines) is 1. The quantitative estimate of drug-likeness (QED) is 0.844. The second-order valence-electron chi connectivity index (χ2n) is 6.12. The van der Waals surface area contributed by atoms with Gasteiger partial charge < -0.3 is 19.1 Å². The summed E-state index contributed by atoms with van der Waals surface area (Å²) in [4.78, 5) is 22.6. The zero-order valence-corrected chi connectivity index (χ0v) is 13.8. The predicted octanol–water partition coefficient (Wildman–Crippen LogP) is 1.82. The average molecular weight is 341 g/mol. The Bertz CT molecular complexity index is 753. The largest absolute Gasteiger partial charge is 0.458 e. The van der Waals surface area contributed by atoms with Crippen LogP contribution < -0.4 is 14.2 Å². The zero-order valence-electron chi connectivity index (χ0n) is 13.8. The van der Waals surface area contributed by atoms with Crippen molar-refractivity contribution < 1.29 is 19.0 Å². The zero-order chi connectivity index (χ0) is 17.1. The van der Waals surface area contributed by atoms with Crippen molar-refractivity contribution in [3.63, 3.8) is 0 Å². The normalized spacial score (nSPS) is 18.9. The predicted molar refractivity (Wildman–Crippen MR) is 88.5 cm³/mol. The Morgan fingerprint density at radius 1 is 1.24 bits per heavy atom. The molecule has 1 atom stereocenters. The minimum atomic E-state index is -0.0724. The molecule has 130 valence electrons. The molecule has 1 aromatic carbocycles. The summed E-state index contributed by atoms with van der Waals surface area (Å²) in [5.74, 6) is 1.51. The third-order valence-electron chi connectivity index (χ3n) is 4.34. The molecule has 0 saturated carbocycles. The topological polar surface area (TPSA) is 73.8 Å². The van der Waals surface area contributed by atoms with Crippen molar-refractivity contribution in [3.05, 3.63) is 42.2 Å². The Balaban J connectivity index is 1.36. The van der Waals surface area contributed by atoms with Gasteiger partial charge in [0.05, 0.1) is 13.0 Å². The van der Waals surface area contributed by atoms with Crippen LogP contribution >= 0.6 is 0 Å². The maximum absolute atomic E-state index is 12.6. The summed E-state index contributed by atoms with van der Waals surface area (Å²) in [6, 6.07) is 7.73. The van der Waals surface area contributed by atoms with Crippen molar-refractivity contribution in [2.24, 2.45) is 0 Å². The lowest BCUT2D eigenvalue weighted by Gasteiger charge is -2.32. The Morgan fingerprint density at radius 3 is 2.96 bits per heavy atom. The molecule has 1 unspecified atom stereocenters. The van der Waals surface area contributed by atoms with Crippen molar-refractivity contribution in [2.75, 3.05) is 19.9 Å². The first-order chi connectivity index (χ1) is 12.3. The Hall–Kier alpha value is -2.83. The number of fused-ring (bicyclic) bond motifs is 1. The third-order valence-corrected chi connectivity index (χ3v) is 4.34. The van der Waals surface area contributed by atoms with Gasteiger partial charge in [0, 0.05) is 18.9 Å². The van der Waals surface area contributed by atoms with E-state index in [0.717, 1.165) is 30.7 Å². The van der Waals surface area contributed by atoms with Crippen molar-refractivity contribution >= 4 is 5.91 Å². The van der Waals surface area contributed by atoms with Gasteiger partial charge in [-0.1, -0.05) is 6.07 Å². The van der Waals surface area contributed by atoms with Crippen LogP contribution in [0.1, 0.15) is 18.4 Å². The smallest absolute Gasteiger partial charge is 0.316 e. The van der Waals surface area contributed by atoms with Gasteiger partial charge in [0.2, 0.25) is 12.7 Å². The van der Waals surface area contributed by atoms with E-state index in [1.807, 2.05) is 23.1 Å². The van der Waals surface area contributed by atoms with E-state index in [-0.39, 0.29) is 18.8 Å². The number of ether oxygens (including phenoxy) is 3. The van der Waals surface area contributed by atoms with Crippen LogP contribution in [0.3, 0.4) is 0 Å². The SMILES string of the molecule is O=C(Cc1ccc2c(c1)OCO2)N1CCCC(Oc2ncccn2)C1. The molecule has 1 saturated heterocycles. The van der Waals surface area contributed by atoms with Gasteiger partial charge in [-0.3, -0.25) is 4.79 Å². The van der Waals surface area contributed by atoms with E-state index in [2.05, 4.69) is 9.97 Å². The lowest BCUT2D eigenvalue weighted by atomic mass is 10.1. The number of carbonyl (C=O) groups is 1. The molecule has 1 amide bonds. The van der Waals surface area contributed by atoms with Crippen LogP contribution in [0.2, 0.25) is 0 Å². The maximum Gasteiger partial charge on any atom is 0.316 e. The molecular weight excluding hydrogens is 322 g/mol. The summed E-state index contributed by atoms with van der Waals surface area (Å²) in [5, 5.41) is 0. The lowest BCUT2D eigenvalue weighted by Crippen LogP contribution is -2.45. The fraction of sp³-hybridized carbons (Fsp3) is 0.389. The van der Waals surface area contributed by atoms with E-state index >= 15 is 0 Å². The van der Waals surface area contributed by atoms with Gasteiger partial charge in [0.25, 0.3) is 0 Å². The molecule has 0 bridgehead atoms. The second kappa shape index (κ2) is 6.96. The van der Waals surface area contributed by atoms with Crippen LogP contribution in [0.4, 0.5) is 0 Å². The van der Waals surface area contributed by atoms with Crippen LogP contribution in [0.15, 0.2) is 36.7 Å². The van der Waals surface area contributed by atoms with Crippen molar-refractivity contribution in [2.45, 2.75) is 25.4 Å². The summed E-state index contributed by atoms with van der Waals surface area (Å²) < 4.78 is 16.5. The minimum absolute atomic E-state index is 0.0724. The van der Waals surface area contributed by atoms with Gasteiger partial charge in [0.15, 0.2) is 11.5 Å². The third kappa shape index (κ3) is 3.65. The van der Waals surface area contributed by atoms with Crippen LogP contribution in [0.5, 0.6) is 17.5 Å². The molecule has 2 aromatic rings. The number of nitrogens with zero attached hydrogens (tertiary/aromatic N) is 3. The molecule has 0 aliphatic carbocycles. The van der Waals surface area contributed by atoms with E-state index in [0.29, 0.717) is 24.7 Å². The molecule has 0 radical (unpaired) electrons. The number of amides is 1. The van der Waals surface area contributed by atoms with Crippen LogP contribution in [0, 0.1) is 0 Å². The maximum atomic E-state index is 12.6. The average Bonchev–Trinajstić information content (AvgIpc) is 3.10. The van der Waals surface area contributed by atoms with Crippen molar-refractivity contribution in [3.8, 4) is 17.5 Å². The van der Waals surface area contributed by atoms with Crippen LogP contribution in [-0.4, -0.2) is 46.8 Å². The van der Waals surface area contributed by atoms with Crippen molar-refractivity contribution in [1.29, 1.82) is 0 Å². The second-order valence-corrected chi connectivity index (χ2v) is 6.12. The highest BCUT2D eigenvalue weighted by Crippen LogP contribution is 2.32. The number of rotatable bonds is 4. The minimum Gasteiger partial charge on any atom is -0.458 e. The van der Waals surface area contributed by atoms with E-state index in [9.17, 15) is 4.79 Å². The first-order valence-electron chi connectivity index (χ1n) is 8.38. The standard InChI is InChI=1S/C18H19N3O4/c22-17(10-13-4-5-15-16(9-13)24-12-23-15)21-8-1-3-14(11-21)25-18-19-6-2-7-20-18/h2,4-7,9,14H,1,3,8,10-12H2. The highest BCUT2D eigenvalue weighted by atomic mass is 16.7. The molecule has 2 aliphatic heterocycles. The van der Waals surface area contributed by atoms with Gasteiger partial charge in [-0.15, -0.1) is 0 Å². The highest BCUT2D eigenvalue weighted by molar-refractivity contribution is 5.79. The number of aromatic nitrogens is 2. The number of piperidine rings is 1. The van der Waals surface area contributed by atoms with Gasteiger partial charge >= 0.3 is 6.01 Å². The molecule has 0 spiro atoms. The lowest BCUT2D eigenvalue weighted by molar-refractivity contribution is -0.133. The van der Waals surface area contributed by atoms with Gasteiger partial charge in [-0.25, -0.2) is 9.97 Å². The summed E-state index contributed by atoms with van der Waals surface area (Å²) in [6.07, 6.45) is 5.36. The first-order valence-corrected chi connectivity index (χ1v) is 8.38. The Labute approximate surface area is 145 Å². The first kappa shape index (κ1) is 15.7. The molecular formula is C18H19N3O4. The fourth-order valence-electron chi connectivity index (χ4n) is 3.09. The van der Waals surface area contributed by atoms with Gasteiger partial charge in [-0.2, -0.15) is 0 Å². The molecule has 1 aromatic heterocycles. The molecule has 3 heterocycles. The molecule has 25 heavy (non-hydrogen) atoms. The van der Waals surface area contributed by atoms with Crippen molar-refractivity contribution in [1.82, 2.24) is 14.9 Å². The molecule has 7 nitrogen and oxygen atoms in total. The molecule has 0 N–H and O–H groups in total.